The van der Waals surface area contributed by atoms with Crippen LogP contribution in [0, 0.1) is 5.82 Å². The van der Waals surface area contributed by atoms with Gasteiger partial charge in [-0.25, -0.2) is 9.37 Å². The summed E-state index contributed by atoms with van der Waals surface area (Å²) >= 11 is 1.30. The molecule has 0 aliphatic carbocycles. The summed E-state index contributed by atoms with van der Waals surface area (Å²) in [5.41, 5.74) is 0.934. The minimum atomic E-state index is -0.722. The molecule has 0 saturated heterocycles. The zero-order valence-electron chi connectivity index (χ0n) is 13.0. The van der Waals surface area contributed by atoms with E-state index >= 15 is 0 Å². The molecule has 1 aromatic carbocycles. The van der Waals surface area contributed by atoms with E-state index in [9.17, 15) is 14.3 Å². The number of carbonyl (C=O) groups excluding carboxylic acids is 1. The minimum absolute atomic E-state index is 0.177. The maximum Gasteiger partial charge on any atom is 0.265 e. The van der Waals surface area contributed by atoms with Gasteiger partial charge >= 0.3 is 0 Å². The normalized spacial score (nSPS) is 12.2. The predicted octanol–water partition coefficient (Wildman–Crippen LogP) is 1.95. The third kappa shape index (κ3) is 5.09. The summed E-state index contributed by atoms with van der Waals surface area (Å²) in [5, 5.41) is 10.5. The van der Waals surface area contributed by atoms with E-state index in [1.807, 2.05) is 0 Å². The van der Waals surface area contributed by atoms with E-state index in [4.69, 9.17) is 4.74 Å². The monoisotopic (exact) mass is 338 g/mol. The Kier molecular flexibility index (Phi) is 6.20. The van der Waals surface area contributed by atoms with Crippen LogP contribution in [0.2, 0.25) is 0 Å². The number of aliphatic hydroxyl groups excluding tert-OH is 1. The first-order chi connectivity index (χ1) is 11.0. The van der Waals surface area contributed by atoms with Gasteiger partial charge in [0, 0.05) is 27.1 Å². The van der Waals surface area contributed by atoms with Gasteiger partial charge in [0.2, 0.25) is 0 Å². The Hall–Kier alpha value is -1.83. The van der Waals surface area contributed by atoms with Crippen LogP contribution in [-0.4, -0.2) is 54.3 Å². The summed E-state index contributed by atoms with van der Waals surface area (Å²) in [6.07, 6.45) is 1.36. The van der Waals surface area contributed by atoms with Crippen LogP contribution in [0.15, 0.2) is 30.5 Å². The molecule has 1 heterocycles. The zero-order chi connectivity index (χ0) is 16.8. The van der Waals surface area contributed by atoms with Crippen molar-refractivity contribution in [1.29, 1.82) is 0 Å². The fraction of sp³-hybridized carbons (Fsp3) is 0.375. The fourth-order valence-electron chi connectivity index (χ4n) is 2.10. The lowest BCUT2D eigenvalue weighted by Crippen LogP contribution is -2.35. The number of thiazole rings is 1. The van der Waals surface area contributed by atoms with Crippen molar-refractivity contribution >= 4 is 17.2 Å². The molecule has 23 heavy (non-hydrogen) atoms. The summed E-state index contributed by atoms with van der Waals surface area (Å²) in [5.74, 6) is -0.469. The summed E-state index contributed by atoms with van der Waals surface area (Å²) in [6.45, 7) is 0.369. The second-order valence-electron chi connectivity index (χ2n) is 5.22. The van der Waals surface area contributed by atoms with Crippen molar-refractivity contribution in [1.82, 2.24) is 9.88 Å². The molecule has 7 heteroatoms. The molecule has 2 aromatic rings. The maximum absolute atomic E-state index is 12.9. The highest BCUT2D eigenvalue weighted by Crippen LogP contribution is 2.18. The number of hydrogen-bond acceptors (Lipinski definition) is 5. The summed E-state index contributed by atoms with van der Waals surface area (Å²) < 4.78 is 17.7. The topological polar surface area (TPSA) is 62.7 Å². The second-order valence-corrected chi connectivity index (χ2v) is 6.33. The molecule has 2 rings (SSSR count). The number of rotatable bonds is 7. The Morgan fingerprint density at radius 1 is 1.43 bits per heavy atom. The molecule has 0 fully saturated rings. The summed E-state index contributed by atoms with van der Waals surface area (Å²) in [6, 6.07) is 6.21. The minimum Gasteiger partial charge on any atom is -0.389 e. The van der Waals surface area contributed by atoms with Crippen LogP contribution < -0.4 is 0 Å². The number of carbonyl (C=O) groups is 1. The van der Waals surface area contributed by atoms with Gasteiger partial charge in [0.05, 0.1) is 23.9 Å². The van der Waals surface area contributed by atoms with Gasteiger partial charge in [-0.1, -0.05) is 12.1 Å². The molecule has 0 radical (unpaired) electrons. The molecule has 124 valence electrons. The van der Waals surface area contributed by atoms with Crippen molar-refractivity contribution in [2.75, 3.05) is 27.3 Å². The molecule has 0 aliphatic heterocycles. The van der Waals surface area contributed by atoms with Crippen molar-refractivity contribution in [3.05, 3.63) is 51.7 Å². The van der Waals surface area contributed by atoms with Crippen molar-refractivity contribution < 1.29 is 19.0 Å². The lowest BCUT2D eigenvalue weighted by molar-refractivity contribution is 0.0382. The lowest BCUT2D eigenvalue weighted by Gasteiger charge is -2.19. The molecule has 5 nitrogen and oxygen atoms in total. The summed E-state index contributed by atoms with van der Waals surface area (Å²) in [4.78, 5) is 18.5. The standard InChI is InChI=1S/C16H19FN2O3S/c1-19(9-13(20)10-22-2)16(21)14-8-18-15(23-14)7-11-3-5-12(17)6-4-11/h3-6,8,13,20H,7,9-10H2,1-2H3. The third-order valence-corrected chi connectivity index (χ3v) is 4.21. The van der Waals surface area contributed by atoms with Crippen LogP contribution in [0.1, 0.15) is 20.2 Å². The Balaban J connectivity index is 1.97. The number of amides is 1. The van der Waals surface area contributed by atoms with E-state index in [1.165, 1.54) is 41.7 Å². The number of likely N-dealkylation sites (N-methyl/N-ethyl adjacent to an activating group) is 1. The van der Waals surface area contributed by atoms with Crippen LogP contribution in [0.5, 0.6) is 0 Å². The molecule has 0 aliphatic rings. The SMILES string of the molecule is COCC(O)CN(C)C(=O)c1cnc(Cc2ccc(F)cc2)s1. The highest BCUT2D eigenvalue weighted by molar-refractivity contribution is 7.13. The lowest BCUT2D eigenvalue weighted by atomic mass is 10.2. The van der Waals surface area contributed by atoms with Crippen molar-refractivity contribution in [2.45, 2.75) is 12.5 Å². The van der Waals surface area contributed by atoms with Gasteiger partial charge in [0.1, 0.15) is 10.7 Å². The van der Waals surface area contributed by atoms with Crippen molar-refractivity contribution in [2.24, 2.45) is 0 Å². The number of aliphatic hydroxyl groups is 1. The van der Waals surface area contributed by atoms with Crippen LogP contribution in [-0.2, 0) is 11.2 Å². The van der Waals surface area contributed by atoms with Gasteiger partial charge in [-0.15, -0.1) is 11.3 Å². The van der Waals surface area contributed by atoms with Crippen molar-refractivity contribution in [3.8, 4) is 0 Å². The quantitative estimate of drug-likeness (QED) is 0.838. The molecule has 1 aromatic heterocycles. The number of aromatic nitrogens is 1. The van der Waals surface area contributed by atoms with E-state index in [-0.39, 0.29) is 24.9 Å². The van der Waals surface area contributed by atoms with E-state index in [1.54, 1.807) is 19.2 Å². The molecular formula is C16H19FN2O3S. The molecule has 0 bridgehead atoms. The van der Waals surface area contributed by atoms with E-state index in [0.29, 0.717) is 11.3 Å². The Labute approximate surface area is 138 Å². The molecule has 1 unspecified atom stereocenters. The van der Waals surface area contributed by atoms with Crippen LogP contribution in [0.4, 0.5) is 4.39 Å². The third-order valence-electron chi connectivity index (χ3n) is 3.22. The number of hydrogen-bond donors (Lipinski definition) is 1. The van der Waals surface area contributed by atoms with E-state index < -0.39 is 6.10 Å². The fourth-order valence-corrected chi connectivity index (χ4v) is 3.05. The maximum atomic E-state index is 12.9. The first-order valence-electron chi connectivity index (χ1n) is 7.11. The highest BCUT2D eigenvalue weighted by atomic mass is 32.1. The smallest absolute Gasteiger partial charge is 0.265 e. The van der Waals surface area contributed by atoms with Gasteiger partial charge in [0.25, 0.3) is 5.91 Å². The summed E-state index contributed by atoms with van der Waals surface area (Å²) in [7, 11) is 3.12. The van der Waals surface area contributed by atoms with Gasteiger partial charge in [-0.05, 0) is 17.7 Å². The van der Waals surface area contributed by atoms with Gasteiger partial charge in [-0.2, -0.15) is 0 Å². The van der Waals surface area contributed by atoms with E-state index in [2.05, 4.69) is 4.98 Å². The second kappa shape index (κ2) is 8.14. The number of halogens is 1. The number of benzene rings is 1. The first kappa shape index (κ1) is 17.5. The Morgan fingerprint density at radius 2 is 2.13 bits per heavy atom. The van der Waals surface area contributed by atoms with Crippen LogP contribution in [0.25, 0.3) is 0 Å². The van der Waals surface area contributed by atoms with Crippen molar-refractivity contribution in [3.63, 3.8) is 0 Å². The van der Waals surface area contributed by atoms with Gasteiger partial charge in [-0.3, -0.25) is 4.79 Å². The largest absolute Gasteiger partial charge is 0.389 e. The molecule has 0 saturated carbocycles. The average Bonchev–Trinajstić information content (AvgIpc) is 2.97. The Bertz CT molecular complexity index is 645. The highest BCUT2D eigenvalue weighted by Gasteiger charge is 2.18. The number of nitrogens with zero attached hydrogens (tertiary/aromatic N) is 2. The average molecular weight is 338 g/mol. The number of ether oxygens (including phenoxy) is 1. The van der Waals surface area contributed by atoms with Crippen LogP contribution >= 0.6 is 11.3 Å². The molecular weight excluding hydrogens is 319 g/mol. The zero-order valence-corrected chi connectivity index (χ0v) is 13.8. The molecule has 1 amide bonds. The number of methoxy groups -OCH3 is 1. The molecule has 1 N–H and O–H groups in total. The molecule has 0 spiro atoms. The van der Waals surface area contributed by atoms with Gasteiger partial charge < -0.3 is 14.7 Å². The predicted molar refractivity (Wildman–Crippen MR) is 86.2 cm³/mol. The first-order valence-corrected chi connectivity index (χ1v) is 7.93. The molecule has 1 atom stereocenters. The van der Waals surface area contributed by atoms with Gasteiger partial charge in [0.15, 0.2) is 0 Å². The Morgan fingerprint density at radius 3 is 2.78 bits per heavy atom. The van der Waals surface area contributed by atoms with Crippen LogP contribution in [0.3, 0.4) is 0 Å². The van der Waals surface area contributed by atoms with E-state index in [0.717, 1.165) is 10.6 Å².